The molecule has 0 saturated heterocycles. The molecule has 2 aromatic rings. The van der Waals surface area contributed by atoms with Crippen LogP contribution in [0.2, 0.25) is 0 Å². The number of hydrogen-bond donors (Lipinski definition) is 1. The number of para-hydroxylation sites is 2. The maximum absolute atomic E-state index is 12.4. The fraction of sp³-hybridized carbons (Fsp3) is 0.200. The van der Waals surface area contributed by atoms with Gasteiger partial charge in [-0.05, 0) is 45.0 Å². The second-order valence-corrected chi connectivity index (χ2v) is 6.10. The van der Waals surface area contributed by atoms with E-state index in [9.17, 15) is 10.1 Å². The van der Waals surface area contributed by atoms with Crippen molar-refractivity contribution in [1.29, 1.82) is 5.26 Å². The van der Waals surface area contributed by atoms with Crippen molar-refractivity contribution in [3.05, 3.63) is 65.5 Å². The number of hydrogen-bond acceptors (Lipinski definition) is 5. The Morgan fingerprint density at radius 1 is 1.16 bits per heavy atom. The van der Waals surface area contributed by atoms with E-state index in [2.05, 4.69) is 5.32 Å². The third-order valence-electron chi connectivity index (χ3n) is 3.81. The number of fused-ring (bicyclic) bond motifs is 1. The number of benzene rings is 2. The summed E-state index contributed by atoms with van der Waals surface area (Å²) in [6.07, 6.45) is -0.298. The topological polar surface area (TPSA) is 65.4 Å². The summed E-state index contributed by atoms with van der Waals surface area (Å²) in [5, 5.41) is 12.8. The van der Waals surface area contributed by atoms with Gasteiger partial charge >= 0.3 is 5.97 Å². The van der Waals surface area contributed by atoms with Crippen molar-refractivity contribution >= 4 is 23.0 Å². The van der Waals surface area contributed by atoms with Gasteiger partial charge in [0.05, 0.1) is 17.5 Å². The molecule has 3 rings (SSSR count). The van der Waals surface area contributed by atoms with E-state index in [4.69, 9.17) is 4.74 Å². The third-order valence-corrected chi connectivity index (χ3v) is 3.81. The molecule has 0 spiro atoms. The molecule has 1 aliphatic rings. The molecule has 2 aromatic carbocycles. The smallest absolute Gasteiger partial charge is 0.352 e. The van der Waals surface area contributed by atoms with Crippen LogP contribution in [0.5, 0.6) is 0 Å². The van der Waals surface area contributed by atoms with Gasteiger partial charge in [-0.3, -0.25) is 4.90 Å². The molecule has 1 N–H and O–H groups in total. The predicted molar refractivity (Wildman–Crippen MR) is 97.2 cm³/mol. The zero-order valence-corrected chi connectivity index (χ0v) is 14.4. The minimum Gasteiger partial charge on any atom is -0.459 e. The van der Waals surface area contributed by atoms with Crippen LogP contribution < -0.4 is 10.2 Å². The minimum atomic E-state index is -0.634. The van der Waals surface area contributed by atoms with Crippen LogP contribution in [0.1, 0.15) is 19.4 Å². The first-order valence-corrected chi connectivity index (χ1v) is 8.09. The molecule has 5 nitrogen and oxygen atoms in total. The van der Waals surface area contributed by atoms with Crippen molar-refractivity contribution in [2.45, 2.75) is 26.9 Å². The molecule has 5 heteroatoms. The lowest BCUT2D eigenvalue weighted by Gasteiger charge is -2.21. The van der Waals surface area contributed by atoms with Crippen molar-refractivity contribution in [2.75, 3.05) is 10.2 Å². The molecule has 0 unspecified atom stereocenters. The molecule has 126 valence electrons. The van der Waals surface area contributed by atoms with Crippen molar-refractivity contribution in [3.63, 3.8) is 0 Å². The van der Waals surface area contributed by atoms with Crippen LogP contribution in [0.25, 0.3) is 0 Å². The van der Waals surface area contributed by atoms with Gasteiger partial charge in [0.15, 0.2) is 5.57 Å². The number of aryl methyl sites for hydroxylation is 1. The second kappa shape index (κ2) is 6.70. The van der Waals surface area contributed by atoms with Gasteiger partial charge in [-0.2, -0.15) is 5.26 Å². The zero-order chi connectivity index (χ0) is 18.0. The highest BCUT2D eigenvalue weighted by molar-refractivity contribution is 5.99. The maximum Gasteiger partial charge on any atom is 0.352 e. The third kappa shape index (κ3) is 3.20. The van der Waals surface area contributed by atoms with Crippen molar-refractivity contribution in [1.82, 2.24) is 0 Å². The van der Waals surface area contributed by atoms with E-state index >= 15 is 0 Å². The molecule has 1 heterocycles. The fourth-order valence-electron chi connectivity index (χ4n) is 2.68. The van der Waals surface area contributed by atoms with E-state index in [1.165, 1.54) is 0 Å². The van der Waals surface area contributed by atoms with Gasteiger partial charge in [-0.25, -0.2) is 4.79 Å². The molecule has 0 aliphatic carbocycles. The molecule has 25 heavy (non-hydrogen) atoms. The van der Waals surface area contributed by atoms with E-state index < -0.39 is 5.97 Å². The van der Waals surface area contributed by atoms with Gasteiger partial charge in [0.1, 0.15) is 11.9 Å². The van der Waals surface area contributed by atoms with Crippen LogP contribution in [0, 0.1) is 18.3 Å². The Bertz CT molecular complexity index is 877. The maximum atomic E-state index is 12.4. The number of ether oxygens (including phenoxy) is 1. The number of nitriles is 1. The summed E-state index contributed by atoms with van der Waals surface area (Å²) >= 11 is 0. The summed E-state index contributed by atoms with van der Waals surface area (Å²) in [5.41, 5.74) is 3.66. The summed E-state index contributed by atoms with van der Waals surface area (Å²) in [7, 11) is 0. The normalized spacial score (nSPS) is 14.6. The zero-order valence-electron chi connectivity index (χ0n) is 14.4. The van der Waals surface area contributed by atoms with Gasteiger partial charge in [-0.15, -0.1) is 0 Å². The Morgan fingerprint density at radius 2 is 1.84 bits per heavy atom. The first kappa shape index (κ1) is 16.6. The Labute approximate surface area is 147 Å². The summed E-state index contributed by atoms with van der Waals surface area (Å²) in [4.78, 5) is 14.3. The van der Waals surface area contributed by atoms with E-state index in [0.717, 1.165) is 22.6 Å². The SMILES string of the molecule is Cc1ccc(N2/C(=C(\C#N)C(=O)OC(C)C)Nc3ccccc32)cc1. The molecule has 0 bridgehead atoms. The number of carbonyl (C=O) groups is 1. The summed E-state index contributed by atoms with van der Waals surface area (Å²) in [5.74, 6) is -0.219. The minimum absolute atomic E-state index is 0.0505. The van der Waals surface area contributed by atoms with Crippen LogP contribution in [0.4, 0.5) is 17.1 Å². The van der Waals surface area contributed by atoms with Crippen molar-refractivity contribution < 1.29 is 9.53 Å². The molecule has 1 aliphatic heterocycles. The lowest BCUT2D eigenvalue weighted by atomic mass is 10.2. The largest absolute Gasteiger partial charge is 0.459 e. The molecule has 0 radical (unpaired) electrons. The van der Waals surface area contributed by atoms with Crippen LogP contribution in [-0.2, 0) is 9.53 Å². The molecule has 0 atom stereocenters. The molecule has 0 aromatic heterocycles. The Kier molecular flexibility index (Phi) is 4.44. The Morgan fingerprint density at radius 3 is 2.48 bits per heavy atom. The van der Waals surface area contributed by atoms with Gasteiger partial charge in [0, 0.05) is 5.69 Å². The molecule has 0 fully saturated rings. The molecular formula is C20H19N3O2. The first-order chi connectivity index (χ1) is 12.0. The van der Waals surface area contributed by atoms with Crippen LogP contribution in [0.3, 0.4) is 0 Å². The van der Waals surface area contributed by atoms with E-state index in [1.807, 2.05) is 66.4 Å². The summed E-state index contributed by atoms with van der Waals surface area (Å²) in [6.45, 7) is 5.52. The van der Waals surface area contributed by atoms with Crippen LogP contribution in [-0.4, -0.2) is 12.1 Å². The lowest BCUT2D eigenvalue weighted by Crippen LogP contribution is -2.22. The predicted octanol–water partition coefficient (Wildman–Crippen LogP) is 4.25. The lowest BCUT2D eigenvalue weighted by molar-refractivity contribution is -0.142. The number of esters is 1. The fourth-order valence-corrected chi connectivity index (χ4v) is 2.68. The highest BCUT2D eigenvalue weighted by atomic mass is 16.5. The average molecular weight is 333 g/mol. The van der Waals surface area contributed by atoms with Crippen LogP contribution in [0.15, 0.2) is 59.9 Å². The molecule has 0 saturated carbocycles. The average Bonchev–Trinajstić information content (AvgIpc) is 2.94. The Balaban J connectivity index is 2.15. The first-order valence-electron chi connectivity index (χ1n) is 8.09. The van der Waals surface area contributed by atoms with Gasteiger partial charge in [0.2, 0.25) is 0 Å². The van der Waals surface area contributed by atoms with E-state index in [-0.39, 0.29) is 11.7 Å². The quantitative estimate of drug-likeness (QED) is 0.517. The van der Waals surface area contributed by atoms with Gasteiger partial charge in [-0.1, -0.05) is 29.8 Å². The summed E-state index contributed by atoms with van der Waals surface area (Å²) in [6, 6.07) is 17.6. The number of nitrogens with zero attached hydrogens (tertiary/aromatic N) is 2. The van der Waals surface area contributed by atoms with Gasteiger partial charge < -0.3 is 10.1 Å². The highest BCUT2D eigenvalue weighted by Crippen LogP contribution is 2.42. The van der Waals surface area contributed by atoms with Crippen LogP contribution >= 0.6 is 0 Å². The number of nitrogens with one attached hydrogen (secondary N) is 1. The molecular weight excluding hydrogens is 314 g/mol. The Hall–Kier alpha value is -3.26. The standard InChI is InChI=1S/C20H19N3O2/c1-13(2)25-20(24)16(12-21)19-22-17-6-4-5-7-18(17)23(19)15-10-8-14(3)9-11-15/h4-11,13,22H,1-3H3/b19-16+. The van der Waals surface area contributed by atoms with Crippen molar-refractivity contribution in [3.8, 4) is 6.07 Å². The number of rotatable bonds is 3. The summed E-state index contributed by atoms with van der Waals surface area (Å²) < 4.78 is 5.23. The number of anilines is 3. The second-order valence-electron chi connectivity index (χ2n) is 6.10. The van der Waals surface area contributed by atoms with E-state index in [1.54, 1.807) is 13.8 Å². The number of carbonyl (C=O) groups excluding carboxylic acids is 1. The molecule has 0 amide bonds. The van der Waals surface area contributed by atoms with E-state index in [0.29, 0.717) is 5.82 Å². The van der Waals surface area contributed by atoms with Gasteiger partial charge in [0.25, 0.3) is 0 Å². The highest BCUT2D eigenvalue weighted by Gasteiger charge is 2.31. The van der Waals surface area contributed by atoms with Crippen molar-refractivity contribution in [2.24, 2.45) is 0 Å². The monoisotopic (exact) mass is 333 g/mol.